The van der Waals surface area contributed by atoms with Crippen LogP contribution in [-0.2, 0) is 27.1 Å². The van der Waals surface area contributed by atoms with Crippen LogP contribution in [0.2, 0.25) is 0 Å². The summed E-state index contributed by atoms with van der Waals surface area (Å²) in [4.78, 5) is 26.2. The van der Waals surface area contributed by atoms with Crippen LogP contribution in [0.4, 0.5) is 26.3 Å². The smallest absolute Gasteiger partial charge is 0.430 e. The molecule has 0 saturated carbocycles. The molecule has 1 unspecified atom stereocenters. The molecule has 3 rings (SSSR count). The highest BCUT2D eigenvalue weighted by Crippen LogP contribution is 2.51. The standard InChI is InChI=1S/C29H34F6N2O6/c1-5-8-19-14-21(27(40,28(30,31)32)29(33,34)35)13-18(2)24(19)41-12-7-6-11-37(16-38)25(39)26(3,36-4)20-9-10-22-23(15-20)43-17-42-22/h9-10,13-16,36,40H,5-8,11-12,17H2,1-4H3. The SMILES string of the molecule is CCCc1cc(C(O)(C(F)(F)F)C(F)(F)F)cc(C)c1OCCCCN(C=O)C(=O)C(C)(NC)c1ccc2c(c1)OCO2. The van der Waals surface area contributed by atoms with Crippen LogP contribution >= 0.6 is 0 Å². The number of rotatable bonds is 13. The average Bonchev–Trinajstić information content (AvgIpc) is 3.41. The van der Waals surface area contributed by atoms with Crippen LogP contribution in [0.25, 0.3) is 0 Å². The number of nitrogens with one attached hydrogen (secondary N) is 1. The quantitative estimate of drug-likeness (QED) is 0.179. The molecular formula is C29H34F6N2O6. The number of likely N-dealkylation sites (N-methyl/N-ethyl adjacent to an activating group) is 1. The molecule has 2 aromatic carbocycles. The number of imide groups is 1. The van der Waals surface area contributed by atoms with Gasteiger partial charge in [0.1, 0.15) is 11.3 Å². The molecule has 2 aromatic rings. The van der Waals surface area contributed by atoms with Crippen LogP contribution < -0.4 is 19.5 Å². The van der Waals surface area contributed by atoms with E-state index < -0.39 is 35.0 Å². The van der Waals surface area contributed by atoms with E-state index in [1.807, 2.05) is 0 Å². The Balaban J connectivity index is 1.70. The van der Waals surface area contributed by atoms with Crippen molar-refractivity contribution in [2.75, 3.05) is 27.0 Å². The van der Waals surface area contributed by atoms with Crippen molar-refractivity contribution < 1.29 is 55.2 Å². The molecule has 0 aromatic heterocycles. The summed E-state index contributed by atoms with van der Waals surface area (Å²) >= 11 is 0. The fourth-order valence-corrected chi connectivity index (χ4v) is 4.84. The molecule has 1 heterocycles. The maximum atomic E-state index is 13.5. The van der Waals surface area contributed by atoms with Crippen molar-refractivity contribution in [1.29, 1.82) is 0 Å². The molecule has 2 amide bonds. The van der Waals surface area contributed by atoms with Crippen molar-refractivity contribution in [3.63, 3.8) is 0 Å². The van der Waals surface area contributed by atoms with Crippen molar-refractivity contribution in [2.45, 2.75) is 69.9 Å². The molecule has 238 valence electrons. The first kappa shape index (κ1) is 34.0. The molecule has 0 bridgehead atoms. The third-order valence-corrected chi connectivity index (χ3v) is 7.41. The minimum absolute atomic E-state index is 0.00601. The van der Waals surface area contributed by atoms with Crippen molar-refractivity contribution in [3.8, 4) is 17.2 Å². The lowest BCUT2D eigenvalue weighted by atomic mass is 9.88. The van der Waals surface area contributed by atoms with Gasteiger partial charge in [-0.1, -0.05) is 19.4 Å². The Morgan fingerprint density at radius 1 is 1.05 bits per heavy atom. The minimum atomic E-state index is -6.00. The summed E-state index contributed by atoms with van der Waals surface area (Å²) in [6.45, 7) is 4.69. The number of hydrogen-bond acceptors (Lipinski definition) is 7. The van der Waals surface area contributed by atoms with Crippen molar-refractivity contribution >= 4 is 12.3 Å². The Morgan fingerprint density at radius 2 is 1.70 bits per heavy atom. The number of benzene rings is 2. The van der Waals surface area contributed by atoms with Gasteiger partial charge in [-0.25, -0.2) is 0 Å². The van der Waals surface area contributed by atoms with Crippen LogP contribution in [0.15, 0.2) is 30.3 Å². The molecule has 0 fully saturated rings. The Kier molecular flexibility index (Phi) is 10.3. The normalized spacial score (nSPS) is 14.8. The lowest BCUT2D eigenvalue weighted by molar-refractivity contribution is -0.376. The number of nitrogens with zero attached hydrogens (tertiary/aromatic N) is 1. The van der Waals surface area contributed by atoms with Gasteiger partial charge in [-0.2, -0.15) is 26.3 Å². The van der Waals surface area contributed by atoms with E-state index >= 15 is 0 Å². The first-order valence-electron chi connectivity index (χ1n) is 13.5. The zero-order valence-corrected chi connectivity index (χ0v) is 24.1. The van der Waals surface area contributed by atoms with Crippen molar-refractivity contribution in [1.82, 2.24) is 10.2 Å². The van der Waals surface area contributed by atoms with E-state index in [1.54, 1.807) is 39.1 Å². The third kappa shape index (κ3) is 6.69. The molecule has 14 heteroatoms. The van der Waals surface area contributed by atoms with E-state index in [-0.39, 0.29) is 43.2 Å². The number of aryl methyl sites for hydroxylation is 2. The molecule has 2 N–H and O–H groups in total. The van der Waals surface area contributed by atoms with Gasteiger partial charge in [0.15, 0.2) is 11.5 Å². The summed E-state index contributed by atoms with van der Waals surface area (Å²) in [7, 11) is 1.57. The number of unbranched alkanes of at least 4 members (excludes halogenated alkanes) is 1. The Morgan fingerprint density at radius 3 is 2.28 bits per heavy atom. The Bertz CT molecular complexity index is 1300. The molecule has 8 nitrogen and oxygen atoms in total. The summed E-state index contributed by atoms with van der Waals surface area (Å²) in [6.07, 6.45) is -10.5. The number of fused-ring (bicyclic) bond motifs is 1. The molecule has 43 heavy (non-hydrogen) atoms. The highest BCUT2D eigenvalue weighted by atomic mass is 19.4. The number of halogens is 6. The van der Waals surface area contributed by atoms with Gasteiger partial charge in [0, 0.05) is 12.1 Å². The van der Waals surface area contributed by atoms with Gasteiger partial charge in [-0.3, -0.25) is 14.5 Å². The van der Waals surface area contributed by atoms with Crippen molar-refractivity contribution in [3.05, 3.63) is 52.6 Å². The van der Waals surface area contributed by atoms with Crippen molar-refractivity contribution in [2.24, 2.45) is 0 Å². The van der Waals surface area contributed by atoms with Crippen LogP contribution in [0.3, 0.4) is 0 Å². The van der Waals surface area contributed by atoms with Gasteiger partial charge in [0.25, 0.3) is 11.5 Å². The second kappa shape index (κ2) is 13.0. The van der Waals surface area contributed by atoms with Crippen LogP contribution in [0, 0.1) is 6.92 Å². The monoisotopic (exact) mass is 620 g/mol. The van der Waals surface area contributed by atoms with Gasteiger partial charge >= 0.3 is 12.4 Å². The lowest BCUT2D eigenvalue weighted by Crippen LogP contribution is -2.54. The molecule has 1 atom stereocenters. The van der Waals surface area contributed by atoms with E-state index in [9.17, 15) is 41.0 Å². The molecule has 0 aliphatic carbocycles. The van der Waals surface area contributed by atoms with Gasteiger partial charge in [0.2, 0.25) is 13.2 Å². The van der Waals surface area contributed by atoms with E-state index in [4.69, 9.17) is 14.2 Å². The van der Waals surface area contributed by atoms with Crippen LogP contribution in [0.5, 0.6) is 17.2 Å². The fourth-order valence-electron chi connectivity index (χ4n) is 4.84. The summed E-state index contributed by atoms with van der Waals surface area (Å²) in [5, 5.41) is 12.8. The minimum Gasteiger partial charge on any atom is -0.493 e. The lowest BCUT2D eigenvalue weighted by Gasteiger charge is -2.33. The third-order valence-electron chi connectivity index (χ3n) is 7.41. The summed E-state index contributed by atoms with van der Waals surface area (Å²) in [5.41, 5.74) is -7.03. The van der Waals surface area contributed by atoms with Gasteiger partial charge < -0.3 is 24.6 Å². The van der Waals surface area contributed by atoms with E-state index in [1.165, 1.54) is 6.92 Å². The topological polar surface area (TPSA) is 97.3 Å². The molecule has 0 radical (unpaired) electrons. The molecule has 0 saturated heterocycles. The number of hydrogen-bond donors (Lipinski definition) is 2. The highest BCUT2D eigenvalue weighted by molar-refractivity contribution is 5.94. The van der Waals surface area contributed by atoms with Gasteiger partial charge in [-0.15, -0.1) is 0 Å². The molecule has 0 spiro atoms. The zero-order chi connectivity index (χ0) is 32.2. The molecule has 1 aliphatic rings. The fraction of sp³-hybridized carbons (Fsp3) is 0.517. The maximum absolute atomic E-state index is 13.5. The first-order chi connectivity index (χ1) is 20.0. The van der Waals surface area contributed by atoms with Crippen LogP contribution in [-0.4, -0.2) is 61.7 Å². The number of carbonyl (C=O) groups excluding carboxylic acids is 2. The summed E-state index contributed by atoms with van der Waals surface area (Å²) in [5.74, 6) is 0.591. The van der Waals surface area contributed by atoms with Gasteiger partial charge in [-0.05, 0) is 81.1 Å². The predicted molar refractivity (Wildman–Crippen MR) is 143 cm³/mol. The molecule has 1 aliphatic heterocycles. The maximum Gasteiger partial charge on any atom is 0.430 e. The van der Waals surface area contributed by atoms with Gasteiger partial charge in [0.05, 0.1) is 6.61 Å². The largest absolute Gasteiger partial charge is 0.493 e. The number of amides is 2. The first-order valence-corrected chi connectivity index (χ1v) is 13.5. The number of aliphatic hydroxyl groups is 1. The number of alkyl halides is 6. The van der Waals surface area contributed by atoms with Crippen LogP contribution in [0.1, 0.15) is 55.4 Å². The average molecular weight is 621 g/mol. The van der Waals surface area contributed by atoms with E-state index in [2.05, 4.69) is 5.32 Å². The van der Waals surface area contributed by atoms with E-state index in [0.717, 1.165) is 4.90 Å². The zero-order valence-electron chi connectivity index (χ0n) is 24.1. The summed E-state index contributed by atoms with van der Waals surface area (Å²) in [6, 6.07) is 6.30. The second-order valence-electron chi connectivity index (χ2n) is 10.3. The number of ether oxygens (including phenoxy) is 3. The predicted octanol–water partition coefficient (Wildman–Crippen LogP) is 5.27. The Labute approximate surface area is 244 Å². The summed E-state index contributed by atoms with van der Waals surface area (Å²) < 4.78 is 97.2. The highest BCUT2D eigenvalue weighted by Gasteiger charge is 2.71. The Hall–Kier alpha value is -3.52. The second-order valence-corrected chi connectivity index (χ2v) is 10.3. The molecular weight excluding hydrogens is 586 g/mol. The number of carbonyl (C=O) groups is 2. The van der Waals surface area contributed by atoms with E-state index in [0.29, 0.717) is 54.9 Å².